The van der Waals surface area contributed by atoms with Gasteiger partial charge < -0.3 is 4.90 Å². The molecule has 1 saturated carbocycles. The van der Waals surface area contributed by atoms with Crippen LogP contribution in [0.3, 0.4) is 0 Å². The van der Waals surface area contributed by atoms with Gasteiger partial charge in [0.05, 0.1) is 5.02 Å². The standard InChI is InChI=1S/C31H31ClFNO2S2/c1-19-10-13-24(14-11-19)34(31(35)30-28(32)27-26(33)15-12-20(2)29(27)37-30)18-21-6-4-7-22(16-21)23-8-5-9-25(17-23)38(3)36/h4-9,12,15-17,19,24H,10-11,13-14,18H2,1-3H3. The highest BCUT2D eigenvalue weighted by atomic mass is 35.5. The summed E-state index contributed by atoms with van der Waals surface area (Å²) in [6, 6.07) is 19.2. The van der Waals surface area contributed by atoms with Crippen LogP contribution >= 0.6 is 22.9 Å². The molecule has 0 bridgehead atoms. The third kappa shape index (κ3) is 5.45. The molecule has 38 heavy (non-hydrogen) atoms. The van der Waals surface area contributed by atoms with Crippen LogP contribution in [0.4, 0.5) is 4.39 Å². The van der Waals surface area contributed by atoms with Gasteiger partial charge in [0, 0.05) is 44.6 Å². The Balaban J connectivity index is 1.51. The number of hydrogen-bond donors (Lipinski definition) is 0. The Bertz CT molecular complexity index is 1520. The minimum atomic E-state index is -1.06. The Morgan fingerprint density at radius 2 is 1.74 bits per heavy atom. The number of amides is 1. The maximum absolute atomic E-state index is 14.7. The summed E-state index contributed by atoms with van der Waals surface area (Å²) in [5, 5.41) is 0.552. The number of aryl methyl sites for hydroxylation is 1. The lowest BCUT2D eigenvalue weighted by Gasteiger charge is -2.36. The molecule has 1 aliphatic rings. The van der Waals surface area contributed by atoms with Crippen LogP contribution in [0.15, 0.2) is 65.6 Å². The molecule has 0 saturated heterocycles. The van der Waals surface area contributed by atoms with E-state index in [1.807, 2.05) is 54.3 Å². The van der Waals surface area contributed by atoms with E-state index in [0.717, 1.165) is 57.5 Å². The summed E-state index contributed by atoms with van der Waals surface area (Å²) in [7, 11) is -1.06. The van der Waals surface area contributed by atoms with E-state index in [1.165, 1.54) is 17.4 Å². The Labute approximate surface area is 235 Å². The Hall–Kier alpha value is -2.54. The molecule has 0 N–H and O–H groups in total. The molecule has 3 nitrogen and oxygen atoms in total. The molecule has 7 heteroatoms. The second-order valence-electron chi connectivity index (χ2n) is 10.3. The minimum Gasteiger partial charge on any atom is -0.331 e. The summed E-state index contributed by atoms with van der Waals surface area (Å²) in [6.45, 7) is 4.62. The quantitative estimate of drug-likeness (QED) is 0.234. The van der Waals surface area contributed by atoms with Crippen LogP contribution in [0.2, 0.25) is 5.02 Å². The molecule has 1 amide bonds. The van der Waals surface area contributed by atoms with Crippen molar-refractivity contribution < 1.29 is 13.4 Å². The fraction of sp³-hybridized carbons (Fsp3) is 0.323. The van der Waals surface area contributed by atoms with Crippen LogP contribution in [0, 0.1) is 18.7 Å². The van der Waals surface area contributed by atoms with Gasteiger partial charge in [0.25, 0.3) is 5.91 Å². The monoisotopic (exact) mass is 567 g/mol. The third-order valence-electron chi connectivity index (χ3n) is 7.59. The smallest absolute Gasteiger partial charge is 0.266 e. The van der Waals surface area contributed by atoms with E-state index in [0.29, 0.717) is 22.7 Å². The van der Waals surface area contributed by atoms with Gasteiger partial charge in [-0.15, -0.1) is 11.3 Å². The SMILES string of the molecule is Cc1ccc(F)c2c(Cl)c(C(=O)N(Cc3cccc(-c4cccc(S(C)=O)c4)c3)C3CCC(C)CC3)sc12. The van der Waals surface area contributed by atoms with E-state index >= 15 is 0 Å². The van der Waals surface area contributed by atoms with Crippen LogP contribution in [0.25, 0.3) is 21.2 Å². The first-order valence-electron chi connectivity index (χ1n) is 12.9. The predicted octanol–water partition coefficient (Wildman–Crippen LogP) is 8.63. The number of rotatable bonds is 6. The highest BCUT2D eigenvalue weighted by molar-refractivity contribution is 7.84. The van der Waals surface area contributed by atoms with Gasteiger partial charge in [0.2, 0.25) is 0 Å². The summed E-state index contributed by atoms with van der Waals surface area (Å²) in [5.41, 5.74) is 3.92. The highest BCUT2D eigenvalue weighted by Gasteiger charge is 2.31. The van der Waals surface area contributed by atoms with Crippen LogP contribution in [0.5, 0.6) is 0 Å². The number of hydrogen-bond acceptors (Lipinski definition) is 3. The summed E-state index contributed by atoms with van der Waals surface area (Å²) in [6.07, 6.45) is 5.70. The topological polar surface area (TPSA) is 37.4 Å². The van der Waals surface area contributed by atoms with Crippen molar-refractivity contribution in [2.45, 2.75) is 57.0 Å². The van der Waals surface area contributed by atoms with E-state index in [2.05, 4.69) is 13.0 Å². The number of benzene rings is 3. The van der Waals surface area contributed by atoms with E-state index in [4.69, 9.17) is 11.6 Å². The van der Waals surface area contributed by atoms with Crippen LogP contribution < -0.4 is 0 Å². The molecule has 0 aliphatic heterocycles. The van der Waals surface area contributed by atoms with Crippen LogP contribution in [-0.2, 0) is 17.3 Å². The average molecular weight is 568 g/mol. The number of carbonyl (C=O) groups excluding carboxylic acids is 1. The van der Waals surface area contributed by atoms with Crippen molar-refractivity contribution in [2.24, 2.45) is 5.92 Å². The molecule has 1 atom stereocenters. The van der Waals surface area contributed by atoms with Gasteiger partial charge in [-0.25, -0.2) is 4.39 Å². The number of halogens is 2. The molecule has 1 heterocycles. The van der Waals surface area contributed by atoms with Gasteiger partial charge in [-0.2, -0.15) is 0 Å². The molecule has 198 valence electrons. The molecule has 4 aromatic rings. The highest BCUT2D eigenvalue weighted by Crippen LogP contribution is 2.40. The van der Waals surface area contributed by atoms with E-state index in [-0.39, 0.29) is 17.0 Å². The van der Waals surface area contributed by atoms with Gasteiger partial charge in [0.15, 0.2) is 0 Å². The zero-order valence-corrected chi connectivity index (χ0v) is 24.2. The van der Waals surface area contributed by atoms with Gasteiger partial charge in [-0.05, 0) is 85.0 Å². The van der Waals surface area contributed by atoms with Crippen molar-refractivity contribution in [1.29, 1.82) is 0 Å². The van der Waals surface area contributed by atoms with Gasteiger partial charge in [-0.3, -0.25) is 9.00 Å². The van der Waals surface area contributed by atoms with E-state index in [1.54, 1.807) is 12.3 Å². The first kappa shape index (κ1) is 27.0. The normalized spacial score (nSPS) is 18.4. The van der Waals surface area contributed by atoms with Crippen LogP contribution in [-0.4, -0.2) is 27.3 Å². The molecule has 1 unspecified atom stereocenters. The number of carbonyl (C=O) groups is 1. The second kappa shape index (κ2) is 11.3. The summed E-state index contributed by atoms with van der Waals surface area (Å²) in [5.74, 6) is 0.114. The van der Waals surface area contributed by atoms with Crippen molar-refractivity contribution in [1.82, 2.24) is 4.90 Å². The number of thiophene rings is 1. The molecule has 1 aromatic heterocycles. The zero-order valence-electron chi connectivity index (χ0n) is 21.8. The molecular formula is C31H31ClFNO2S2. The summed E-state index contributed by atoms with van der Waals surface area (Å²) >= 11 is 7.97. The lowest BCUT2D eigenvalue weighted by molar-refractivity contribution is 0.0598. The summed E-state index contributed by atoms with van der Waals surface area (Å²) < 4.78 is 27.5. The van der Waals surface area contributed by atoms with Crippen molar-refractivity contribution in [2.75, 3.05) is 6.26 Å². The first-order valence-corrected chi connectivity index (χ1v) is 15.7. The maximum atomic E-state index is 14.7. The van der Waals surface area contributed by atoms with E-state index < -0.39 is 16.6 Å². The lowest BCUT2D eigenvalue weighted by Crippen LogP contribution is -2.41. The Morgan fingerprint density at radius 1 is 1.05 bits per heavy atom. The minimum absolute atomic E-state index is 0.0976. The molecular weight excluding hydrogens is 537 g/mol. The fourth-order valence-electron chi connectivity index (χ4n) is 5.35. The van der Waals surface area contributed by atoms with Gasteiger partial charge in [-0.1, -0.05) is 54.9 Å². The predicted molar refractivity (Wildman–Crippen MR) is 157 cm³/mol. The van der Waals surface area contributed by atoms with Crippen LogP contribution in [0.1, 0.15) is 53.4 Å². The number of nitrogens with zero attached hydrogens (tertiary/aromatic N) is 1. The Morgan fingerprint density at radius 3 is 2.42 bits per heavy atom. The fourth-order valence-corrected chi connectivity index (χ4v) is 7.48. The van der Waals surface area contributed by atoms with Crippen molar-refractivity contribution in [3.8, 4) is 11.1 Å². The second-order valence-corrected chi connectivity index (χ2v) is 13.1. The number of fused-ring (bicyclic) bond motifs is 1. The zero-order chi connectivity index (χ0) is 27.0. The van der Waals surface area contributed by atoms with Crippen molar-refractivity contribution >= 4 is 49.7 Å². The summed E-state index contributed by atoms with van der Waals surface area (Å²) in [4.78, 5) is 17.2. The van der Waals surface area contributed by atoms with E-state index in [9.17, 15) is 13.4 Å². The molecule has 0 radical (unpaired) electrons. The van der Waals surface area contributed by atoms with Gasteiger partial charge >= 0.3 is 0 Å². The maximum Gasteiger partial charge on any atom is 0.266 e. The molecule has 5 rings (SSSR count). The molecule has 0 spiro atoms. The largest absolute Gasteiger partial charge is 0.331 e. The third-order valence-corrected chi connectivity index (χ3v) is 10.3. The van der Waals surface area contributed by atoms with Gasteiger partial charge in [0.1, 0.15) is 10.7 Å². The lowest BCUT2D eigenvalue weighted by atomic mass is 9.86. The molecule has 1 fully saturated rings. The van der Waals surface area contributed by atoms with Crippen molar-refractivity contribution in [3.05, 3.63) is 87.5 Å². The average Bonchev–Trinajstić information content (AvgIpc) is 3.28. The Kier molecular flexibility index (Phi) is 8.03. The van der Waals surface area contributed by atoms with Crippen molar-refractivity contribution in [3.63, 3.8) is 0 Å². The first-order chi connectivity index (χ1) is 18.2. The molecule has 3 aromatic carbocycles. The molecule has 1 aliphatic carbocycles.